The minimum atomic E-state index is -0.306. The molecule has 3 aromatic rings. The van der Waals surface area contributed by atoms with Gasteiger partial charge in [0, 0.05) is 32.4 Å². The molecule has 0 bridgehead atoms. The summed E-state index contributed by atoms with van der Waals surface area (Å²) in [6, 6.07) is 15.5. The van der Waals surface area contributed by atoms with E-state index in [4.69, 9.17) is 14.2 Å². The number of nitrogens with zero attached hydrogens (tertiary/aromatic N) is 2. The predicted octanol–water partition coefficient (Wildman–Crippen LogP) is 4.27. The standard InChI is InChI=1S/C23H23FN4O3.HI/c1-25-23(26-11-10-16-2-8-20-21(12-16)30-15-29-20)28-14-17-3-9-22(27-13-17)31-19-6-4-18(24)5-7-19;/h2-9,12-13H,10-11,14-15H2,1H3,(H2,25,26,28);1H. The lowest BCUT2D eigenvalue weighted by molar-refractivity contribution is 0.174. The molecule has 0 saturated heterocycles. The first-order chi connectivity index (χ1) is 15.2. The number of ether oxygens (including phenoxy) is 3. The van der Waals surface area contributed by atoms with Crippen molar-refractivity contribution in [3.8, 4) is 23.1 Å². The van der Waals surface area contributed by atoms with Gasteiger partial charge < -0.3 is 24.8 Å². The summed E-state index contributed by atoms with van der Waals surface area (Å²) in [6.07, 6.45) is 2.56. The molecule has 2 heterocycles. The number of benzene rings is 2. The van der Waals surface area contributed by atoms with Crippen molar-refractivity contribution in [1.82, 2.24) is 15.6 Å². The van der Waals surface area contributed by atoms with Crippen molar-refractivity contribution in [2.75, 3.05) is 20.4 Å². The molecule has 0 fully saturated rings. The van der Waals surface area contributed by atoms with Gasteiger partial charge in [-0.3, -0.25) is 4.99 Å². The van der Waals surface area contributed by atoms with Gasteiger partial charge in [0.2, 0.25) is 12.7 Å². The molecule has 9 heteroatoms. The maximum atomic E-state index is 13.0. The molecule has 32 heavy (non-hydrogen) atoms. The number of guanidine groups is 1. The number of aliphatic imine (C=N–C) groups is 1. The van der Waals surface area contributed by atoms with Crippen LogP contribution in [0.1, 0.15) is 11.1 Å². The first kappa shape index (κ1) is 23.6. The maximum Gasteiger partial charge on any atom is 0.231 e. The van der Waals surface area contributed by atoms with Crippen LogP contribution in [-0.4, -0.2) is 31.3 Å². The normalized spacial score (nSPS) is 12.1. The van der Waals surface area contributed by atoms with Crippen molar-refractivity contribution in [3.05, 3.63) is 77.7 Å². The van der Waals surface area contributed by atoms with Gasteiger partial charge in [0.1, 0.15) is 11.6 Å². The van der Waals surface area contributed by atoms with E-state index in [1.807, 2.05) is 24.3 Å². The van der Waals surface area contributed by atoms with Crippen molar-refractivity contribution in [3.63, 3.8) is 0 Å². The predicted molar refractivity (Wildman–Crippen MR) is 131 cm³/mol. The van der Waals surface area contributed by atoms with Crippen LogP contribution < -0.4 is 24.8 Å². The third-order valence-electron chi connectivity index (χ3n) is 4.66. The Hall–Kier alpha value is -3.08. The lowest BCUT2D eigenvalue weighted by Gasteiger charge is -2.12. The summed E-state index contributed by atoms with van der Waals surface area (Å²) in [5.41, 5.74) is 2.14. The van der Waals surface area contributed by atoms with Gasteiger partial charge in [0.05, 0.1) is 0 Å². The minimum absolute atomic E-state index is 0. The summed E-state index contributed by atoms with van der Waals surface area (Å²) in [4.78, 5) is 8.54. The molecule has 1 aliphatic heterocycles. The number of hydrogen-bond acceptors (Lipinski definition) is 5. The zero-order chi connectivity index (χ0) is 21.5. The molecule has 7 nitrogen and oxygen atoms in total. The van der Waals surface area contributed by atoms with Crippen LogP contribution in [0.3, 0.4) is 0 Å². The van der Waals surface area contributed by atoms with Gasteiger partial charge in [0.25, 0.3) is 0 Å². The zero-order valence-electron chi connectivity index (χ0n) is 17.5. The largest absolute Gasteiger partial charge is 0.454 e. The molecule has 0 spiro atoms. The summed E-state index contributed by atoms with van der Waals surface area (Å²) in [6.45, 7) is 1.57. The number of pyridine rings is 1. The van der Waals surface area contributed by atoms with Gasteiger partial charge >= 0.3 is 0 Å². The van der Waals surface area contributed by atoms with E-state index in [1.165, 1.54) is 12.1 Å². The molecule has 0 radical (unpaired) electrons. The molecule has 0 aliphatic carbocycles. The summed E-state index contributed by atoms with van der Waals surface area (Å²) >= 11 is 0. The molecule has 4 rings (SSSR count). The van der Waals surface area contributed by atoms with Crippen LogP contribution in [0.15, 0.2) is 65.8 Å². The highest BCUT2D eigenvalue weighted by atomic mass is 127. The van der Waals surface area contributed by atoms with Crippen molar-refractivity contribution < 1.29 is 18.6 Å². The number of rotatable bonds is 7. The minimum Gasteiger partial charge on any atom is -0.454 e. The van der Waals surface area contributed by atoms with Crippen LogP contribution >= 0.6 is 24.0 Å². The number of hydrogen-bond donors (Lipinski definition) is 2. The molecular weight excluding hydrogens is 526 g/mol. The smallest absolute Gasteiger partial charge is 0.231 e. The Labute approximate surface area is 203 Å². The topological polar surface area (TPSA) is 77.0 Å². The second-order valence-electron chi connectivity index (χ2n) is 6.85. The molecule has 168 valence electrons. The van der Waals surface area contributed by atoms with E-state index in [0.29, 0.717) is 24.1 Å². The third kappa shape index (κ3) is 6.46. The Bertz CT molecular complexity index is 1050. The molecule has 2 aromatic carbocycles. The van der Waals surface area contributed by atoms with Gasteiger partial charge in [-0.05, 0) is 53.9 Å². The van der Waals surface area contributed by atoms with Crippen molar-refractivity contribution in [2.45, 2.75) is 13.0 Å². The first-order valence-electron chi connectivity index (χ1n) is 9.91. The van der Waals surface area contributed by atoms with E-state index in [0.717, 1.165) is 35.6 Å². The molecular formula is C23H24FIN4O3. The van der Waals surface area contributed by atoms with Crippen LogP contribution in [0.2, 0.25) is 0 Å². The molecule has 0 saturated carbocycles. The van der Waals surface area contributed by atoms with E-state index < -0.39 is 0 Å². The Kier molecular flexibility index (Phi) is 8.48. The first-order valence-corrected chi connectivity index (χ1v) is 9.91. The van der Waals surface area contributed by atoms with E-state index in [-0.39, 0.29) is 36.6 Å². The third-order valence-corrected chi connectivity index (χ3v) is 4.66. The van der Waals surface area contributed by atoms with Gasteiger partial charge in [-0.1, -0.05) is 12.1 Å². The van der Waals surface area contributed by atoms with Crippen molar-refractivity contribution in [1.29, 1.82) is 0 Å². The Balaban J connectivity index is 0.00000289. The van der Waals surface area contributed by atoms with Gasteiger partial charge in [-0.2, -0.15) is 0 Å². The van der Waals surface area contributed by atoms with Crippen LogP contribution in [0.25, 0.3) is 0 Å². The number of aromatic nitrogens is 1. The highest BCUT2D eigenvalue weighted by Crippen LogP contribution is 2.32. The second-order valence-corrected chi connectivity index (χ2v) is 6.85. The van der Waals surface area contributed by atoms with Gasteiger partial charge in [-0.15, -0.1) is 24.0 Å². The summed E-state index contributed by atoms with van der Waals surface area (Å²) in [5.74, 6) is 2.96. The maximum absolute atomic E-state index is 13.0. The van der Waals surface area contributed by atoms with E-state index >= 15 is 0 Å². The van der Waals surface area contributed by atoms with E-state index in [2.05, 4.69) is 20.6 Å². The van der Waals surface area contributed by atoms with Crippen LogP contribution in [0, 0.1) is 5.82 Å². The fourth-order valence-corrected chi connectivity index (χ4v) is 3.03. The number of nitrogens with one attached hydrogen (secondary N) is 2. The Morgan fingerprint density at radius 3 is 2.56 bits per heavy atom. The molecule has 0 atom stereocenters. The molecule has 0 amide bonds. The molecule has 0 unspecified atom stereocenters. The summed E-state index contributed by atoms with van der Waals surface area (Å²) in [7, 11) is 1.73. The number of halogens is 2. The second kappa shape index (κ2) is 11.5. The van der Waals surface area contributed by atoms with E-state index in [9.17, 15) is 4.39 Å². The van der Waals surface area contributed by atoms with Crippen molar-refractivity contribution >= 4 is 29.9 Å². The number of fused-ring (bicyclic) bond motifs is 1. The average molecular weight is 550 g/mol. The fourth-order valence-electron chi connectivity index (χ4n) is 3.03. The highest BCUT2D eigenvalue weighted by Gasteiger charge is 2.13. The summed E-state index contributed by atoms with van der Waals surface area (Å²) in [5, 5.41) is 6.56. The average Bonchev–Trinajstić information content (AvgIpc) is 3.26. The highest BCUT2D eigenvalue weighted by molar-refractivity contribution is 14.0. The molecule has 1 aliphatic rings. The zero-order valence-corrected chi connectivity index (χ0v) is 19.8. The van der Waals surface area contributed by atoms with Crippen LogP contribution in [0.5, 0.6) is 23.1 Å². The monoisotopic (exact) mass is 550 g/mol. The van der Waals surface area contributed by atoms with Crippen LogP contribution in [0.4, 0.5) is 4.39 Å². The van der Waals surface area contributed by atoms with Crippen LogP contribution in [-0.2, 0) is 13.0 Å². The van der Waals surface area contributed by atoms with E-state index in [1.54, 1.807) is 31.4 Å². The lowest BCUT2D eigenvalue weighted by atomic mass is 10.1. The van der Waals surface area contributed by atoms with Gasteiger partial charge in [0.15, 0.2) is 17.5 Å². The van der Waals surface area contributed by atoms with Gasteiger partial charge in [-0.25, -0.2) is 9.37 Å². The molecule has 1 aromatic heterocycles. The Morgan fingerprint density at radius 2 is 1.81 bits per heavy atom. The quantitative estimate of drug-likeness (QED) is 0.260. The Morgan fingerprint density at radius 1 is 1.03 bits per heavy atom. The van der Waals surface area contributed by atoms with Crippen molar-refractivity contribution in [2.24, 2.45) is 4.99 Å². The summed E-state index contributed by atoms with van der Waals surface area (Å²) < 4.78 is 29.3. The lowest BCUT2D eigenvalue weighted by Crippen LogP contribution is -2.37. The fraction of sp³-hybridized carbons (Fsp3) is 0.217. The SMILES string of the molecule is CN=C(NCCc1ccc2c(c1)OCO2)NCc1ccc(Oc2ccc(F)cc2)nc1.I. The molecule has 2 N–H and O–H groups in total.